The van der Waals surface area contributed by atoms with Crippen molar-refractivity contribution in [2.24, 2.45) is 0 Å². The molecule has 2 heterocycles. The van der Waals surface area contributed by atoms with Gasteiger partial charge in [0.1, 0.15) is 0 Å². The highest BCUT2D eigenvalue weighted by atomic mass is 32.2. The fraction of sp³-hybridized carbons (Fsp3) is 0.611. The molecule has 2 fully saturated rings. The van der Waals surface area contributed by atoms with Crippen LogP contribution in [0.2, 0.25) is 0 Å². The summed E-state index contributed by atoms with van der Waals surface area (Å²) in [5.41, 5.74) is 1.26. The summed E-state index contributed by atoms with van der Waals surface area (Å²) in [7, 11) is -3.06. The fourth-order valence-electron chi connectivity index (χ4n) is 3.89. The molecule has 0 unspecified atom stereocenters. The smallest absolute Gasteiger partial charge is 0.222 e. The van der Waals surface area contributed by atoms with Gasteiger partial charge >= 0.3 is 0 Å². The van der Waals surface area contributed by atoms with E-state index in [9.17, 15) is 13.2 Å². The van der Waals surface area contributed by atoms with Crippen molar-refractivity contribution < 1.29 is 13.2 Å². The summed E-state index contributed by atoms with van der Waals surface area (Å²) in [6.45, 7) is 4.23. The summed E-state index contributed by atoms with van der Waals surface area (Å²) in [6, 6.07) is 10.0. The predicted molar refractivity (Wildman–Crippen MR) is 94.6 cm³/mol. The molecule has 2 atom stereocenters. The standard InChI is InChI=1S/C18H26N2O3S/c1-2-6-18(21)20-12-11-19(10-9-15-7-4-3-5-8-15)16-13-24(22,23)14-17(16)20/h3-5,7-8,16-17H,2,6,9-14H2,1H3/t16-,17+/m0/s1. The van der Waals surface area contributed by atoms with Crippen LogP contribution in [0, 0.1) is 0 Å². The van der Waals surface area contributed by atoms with Crippen LogP contribution < -0.4 is 0 Å². The van der Waals surface area contributed by atoms with Gasteiger partial charge < -0.3 is 4.90 Å². The molecule has 1 amide bonds. The van der Waals surface area contributed by atoms with E-state index in [0.29, 0.717) is 13.0 Å². The number of hydrogen-bond donors (Lipinski definition) is 0. The first-order valence-corrected chi connectivity index (χ1v) is 10.6. The highest BCUT2D eigenvalue weighted by molar-refractivity contribution is 7.91. The van der Waals surface area contributed by atoms with E-state index in [-0.39, 0.29) is 29.5 Å². The maximum absolute atomic E-state index is 12.4. The van der Waals surface area contributed by atoms with E-state index in [1.165, 1.54) is 5.56 Å². The SMILES string of the molecule is CCCC(=O)N1CCN(CCc2ccccc2)[C@H]2CS(=O)(=O)C[C@H]21. The van der Waals surface area contributed by atoms with E-state index in [0.717, 1.165) is 25.9 Å². The highest BCUT2D eigenvalue weighted by Crippen LogP contribution is 2.27. The van der Waals surface area contributed by atoms with Gasteiger partial charge in [0.2, 0.25) is 5.91 Å². The molecule has 5 nitrogen and oxygen atoms in total. The van der Waals surface area contributed by atoms with Gasteiger partial charge in [0, 0.05) is 32.1 Å². The van der Waals surface area contributed by atoms with Crippen LogP contribution in [0.15, 0.2) is 30.3 Å². The minimum atomic E-state index is -3.06. The molecule has 2 aliphatic heterocycles. The third-order valence-electron chi connectivity index (χ3n) is 5.11. The molecule has 3 rings (SSSR count). The summed E-state index contributed by atoms with van der Waals surface area (Å²) < 4.78 is 24.4. The van der Waals surface area contributed by atoms with Crippen molar-refractivity contribution in [3.8, 4) is 0 Å². The third kappa shape index (κ3) is 3.81. The maximum Gasteiger partial charge on any atom is 0.222 e. The molecular formula is C18H26N2O3S. The Morgan fingerprint density at radius 2 is 1.83 bits per heavy atom. The number of benzene rings is 1. The molecule has 0 bridgehead atoms. The van der Waals surface area contributed by atoms with Crippen molar-refractivity contribution in [3.05, 3.63) is 35.9 Å². The van der Waals surface area contributed by atoms with Gasteiger partial charge in [-0.05, 0) is 18.4 Å². The van der Waals surface area contributed by atoms with Crippen LogP contribution in [-0.4, -0.2) is 67.3 Å². The van der Waals surface area contributed by atoms with Crippen LogP contribution in [0.25, 0.3) is 0 Å². The summed E-state index contributed by atoms with van der Waals surface area (Å²) in [4.78, 5) is 16.5. The van der Waals surface area contributed by atoms with Crippen molar-refractivity contribution in [3.63, 3.8) is 0 Å². The van der Waals surface area contributed by atoms with Gasteiger partial charge in [-0.25, -0.2) is 8.42 Å². The van der Waals surface area contributed by atoms with E-state index in [1.54, 1.807) is 0 Å². The molecule has 0 spiro atoms. The van der Waals surface area contributed by atoms with Gasteiger partial charge in [0.25, 0.3) is 0 Å². The molecule has 6 heteroatoms. The third-order valence-corrected chi connectivity index (χ3v) is 6.80. The molecule has 1 aromatic rings. The molecule has 0 saturated carbocycles. The summed E-state index contributed by atoms with van der Waals surface area (Å²) in [5, 5.41) is 0. The Morgan fingerprint density at radius 1 is 1.12 bits per heavy atom. The Bertz CT molecular complexity index is 675. The van der Waals surface area contributed by atoms with Crippen LogP contribution in [0.1, 0.15) is 25.3 Å². The first-order chi connectivity index (χ1) is 11.5. The van der Waals surface area contributed by atoms with Gasteiger partial charge in [0.05, 0.1) is 17.5 Å². The molecule has 0 radical (unpaired) electrons. The molecule has 2 saturated heterocycles. The molecule has 1 aromatic carbocycles. The number of sulfone groups is 1. The van der Waals surface area contributed by atoms with Crippen LogP contribution in [0.3, 0.4) is 0 Å². The molecule has 0 aromatic heterocycles. The number of carbonyl (C=O) groups is 1. The minimum Gasteiger partial charge on any atom is -0.336 e. The maximum atomic E-state index is 12.4. The van der Waals surface area contributed by atoms with E-state index < -0.39 is 9.84 Å². The van der Waals surface area contributed by atoms with Crippen molar-refractivity contribution >= 4 is 15.7 Å². The van der Waals surface area contributed by atoms with E-state index in [4.69, 9.17) is 0 Å². The average Bonchev–Trinajstić information content (AvgIpc) is 2.88. The second-order valence-electron chi connectivity index (χ2n) is 6.82. The second-order valence-corrected chi connectivity index (χ2v) is 8.97. The summed E-state index contributed by atoms with van der Waals surface area (Å²) >= 11 is 0. The number of rotatable bonds is 5. The van der Waals surface area contributed by atoms with Gasteiger partial charge in [-0.2, -0.15) is 0 Å². The Labute approximate surface area is 144 Å². The second kappa shape index (κ2) is 7.23. The van der Waals surface area contributed by atoms with E-state index in [2.05, 4.69) is 17.0 Å². The number of fused-ring (bicyclic) bond motifs is 1. The monoisotopic (exact) mass is 350 g/mol. The topological polar surface area (TPSA) is 57.7 Å². The molecule has 24 heavy (non-hydrogen) atoms. The minimum absolute atomic E-state index is 0.0479. The Balaban J connectivity index is 1.71. The summed E-state index contributed by atoms with van der Waals surface area (Å²) in [6.07, 6.45) is 2.22. The fourth-order valence-corrected chi connectivity index (χ4v) is 5.90. The highest BCUT2D eigenvalue weighted by Gasteiger charge is 2.47. The van der Waals surface area contributed by atoms with Crippen LogP contribution in [-0.2, 0) is 21.1 Å². The van der Waals surface area contributed by atoms with Crippen LogP contribution in [0.5, 0.6) is 0 Å². The first-order valence-electron chi connectivity index (χ1n) is 8.78. The molecule has 132 valence electrons. The number of piperazine rings is 1. The zero-order valence-corrected chi connectivity index (χ0v) is 15.0. The largest absolute Gasteiger partial charge is 0.336 e. The number of carbonyl (C=O) groups excluding carboxylic acids is 1. The lowest BCUT2D eigenvalue weighted by atomic mass is 10.0. The Hall–Kier alpha value is -1.40. The van der Waals surface area contributed by atoms with Gasteiger partial charge in [-0.1, -0.05) is 37.3 Å². The average molecular weight is 350 g/mol. The van der Waals surface area contributed by atoms with Crippen molar-refractivity contribution in [2.45, 2.75) is 38.3 Å². The zero-order valence-electron chi connectivity index (χ0n) is 14.2. The molecular weight excluding hydrogens is 324 g/mol. The Morgan fingerprint density at radius 3 is 2.54 bits per heavy atom. The van der Waals surface area contributed by atoms with E-state index >= 15 is 0 Å². The molecule has 2 aliphatic rings. The van der Waals surface area contributed by atoms with Crippen LogP contribution >= 0.6 is 0 Å². The lowest BCUT2D eigenvalue weighted by molar-refractivity contribution is -0.137. The first kappa shape index (κ1) is 17.4. The lowest BCUT2D eigenvalue weighted by Crippen LogP contribution is -2.60. The quantitative estimate of drug-likeness (QED) is 0.804. The normalized spacial score (nSPS) is 26.3. The molecule has 0 N–H and O–H groups in total. The van der Waals surface area contributed by atoms with E-state index in [1.807, 2.05) is 30.0 Å². The van der Waals surface area contributed by atoms with Gasteiger partial charge in [-0.3, -0.25) is 9.69 Å². The van der Waals surface area contributed by atoms with Crippen LogP contribution in [0.4, 0.5) is 0 Å². The van der Waals surface area contributed by atoms with Crippen molar-refractivity contribution in [2.75, 3.05) is 31.1 Å². The van der Waals surface area contributed by atoms with Crippen molar-refractivity contribution in [1.29, 1.82) is 0 Å². The summed E-state index contributed by atoms with van der Waals surface area (Å²) in [5.74, 6) is 0.407. The predicted octanol–water partition coefficient (Wildman–Crippen LogP) is 1.34. The Kier molecular flexibility index (Phi) is 5.25. The number of nitrogens with zero attached hydrogens (tertiary/aromatic N) is 2. The number of amides is 1. The zero-order chi connectivity index (χ0) is 17.2. The number of hydrogen-bond acceptors (Lipinski definition) is 4. The van der Waals surface area contributed by atoms with Crippen molar-refractivity contribution in [1.82, 2.24) is 9.80 Å². The van der Waals surface area contributed by atoms with Gasteiger partial charge in [-0.15, -0.1) is 0 Å². The lowest BCUT2D eigenvalue weighted by Gasteiger charge is -2.44. The van der Waals surface area contributed by atoms with Gasteiger partial charge in [0.15, 0.2) is 9.84 Å². The molecule has 0 aliphatic carbocycles.